The molecule has 4 rings (SSSR count). The maximum atomic E-state index is 13.3. The number of nitrogens with zero attached hydrogens (tertiary/aromatic N) is 1. The minimum Gasteiger partial charge on any atom is -0.491 e. The molecule has 0 aromatic heterocycles. The number of nitrogens with one attached hydrogen (secondary N) is 3. The molecule has 10 nitrogen and oxygen atoms in total. The number of aliphatic carboxylic acids is 1. The highest BCUT2D eigenvalue weighted by Crippen LogP contribution is 2.26. The Labute approximate surface area is 219 Å². The molecule has 1 aliphatic rings. The van der Waals surface area contributed by atoms with E-state index in [1.54, 1.807) is 42.5 Å². The fourth-order valence-electron chi connectivity index (χ4n) is 4.07. The van der Waals surface area contributed by atoms with E-state index < -0.39 is 29.9 Å². The topological polar surface area (TPSA) is 137 Å². The molecule has 4 amide bonds. The van der Waals surface area contributed by atoms with E-state index in [2.05, 4.69) is 16.0 Å². The van der Waals surface area contributed by atoms with Crippen LogP contribution in [-0.4, -0.2) is 53.5 Å². The van der Waals surface area contributed by atoms with Crippen LogP contribution in [-0.2, 0) is 16.1 Å². The van der Waals surface area contributed by atoms with Gasteiger partial charge < -0.3 is 30.7 Å². The smallest absolute Gasteiger partial charge is 0.319 e. The Morgan fingerprint density at radius 1 is 0.974 bits per heavy atom. The summed E-state index contributed by atoms with van der Waals surface area (Å²) in [7, 11) is 0. The zero-order valence-corrected chi connectivity index (χ0v) is 20.6. The lowest BCUT2D eigenvalue weighted by Gasteiger charge is -2.22. The van der Waals surface area contributed by atoms with Crippen molar-refractivity contribution in [3.05, 3.63) is 95.6 Å². The number of carboxylic acids is 1. The maximum Gasteiger partial charge on any atom is 0.319 e. The number of urea groups is 1. The Bertz CT molecular complexity index is 1300. The fourth-order valence-corrected chi connectivity index (χ4v) is 4.07. The first-order chi connectivity index (χ1) is 18.4. The molecular formula is C28H28N4O6. The molecule has 0 fully saturated rings. The van der Waals surface area contributed by atoms with Gasteiger partial charge in [0.2, 0.25) is 5.91 Å². The van der Waals surface area contributed by atoms with Crippen molar-refractivity contribution in [3.63, 3.8) is 0 Å². The molecule has 4 N–H and O–H groups in total. The van der Waals surface area contributed by atoms with Crippen molar-refractivity contribution in [1.29, 1.82) is 0 Å². The lowest BCUT2D eigenvalue weighted by molar-refractivity contribution is -0.137. The van der Waals surface area contributed by atoms with Gasteiger partial charge in [-0.2, -0.15) is 0 Å². The fraction of sp³-hybridized carbons (Fsp3) is 0.214. The molecule has 0 radical (unpaired) electrons. The van der Waals surface area contributed by atoms with Crippen molar-refractivity contribution >= 4 is 29.5 Å². The number of fused-ring (bicyclic) bond motifs is 1. The van der Waals surface area contributed by atoms with Crippen LogP contribution in [0.1, 0.15) is 33.9 Å². The van der Waals surface area contributed by atoms with Gasteiger partial charge in [-0.05, 0) is 29.3 Å². The average Bonchev–Trinajstić information content (AvgIpc) is 3.06. The zero-order chi connectivity index (χ0) is 26.9. The summed E-state index contributed by atoms with van der Waals surface area (Å²) in [6, 6.07) is 21.8. The van der Waals surface area contributed by atoms with E-state index in [1.807, 2.05) is 30.3 Å². The molecule has 0 spiro atoms. The van der Waals surface area contributed by atoms with Crippen LogP contribution in [0.15, 0.2) is 78.9 Å². The van der Waals surface area contributed by atoms with Crippen molar-refractivity contribution in [3.8, 4) is 5.75 Å². The van der Waals surface area contributed by atoms with E-state index in [-0.39, 0.29) is 31.7 Å². The molecule has 1 heterocycles. The van der Waals surface area contributed by atoms with Crippen LogP contribution in [0.4, 0.5) is 10.5 Å². The van der Waals surface area contributed by atoms with E-state index in [9.17, 15) is 24.3 Å². The van der Waals surface area contributed by atoms with Gasteiger partial charge >= 0.3 is 12.0 Å². The van der Waals surface area contributed by atoms with Gasteiger partial charge in [0.25, 0.3) is 5.91 Å². The number of carbonyl (C=O) groups excluding carboxylic acids is 3. The second-order valence-corrected chi connectivity index (χ2v) is 8.71. The van der Waals surface area contributed by atoms with Crippen LogP contribution in [0.3, 0.4) is 0 Å². The van der Waals surface area contributed by atoms with E-state index >= 15 is 0 Å². The maximum absolute atomic E-state index is 13.3. The Kier molecular flexibility index (Phi) is 8.55. The first-order valence-electron chi connectivity index (χ1n) is 12.1. The van der Waals surface area contributed by atoms with Gasteiger partial charge in [-0.15, -0.1) is 0 Å². The van der Waals surface area contributed by atoms with Gasteiger partial charge in [-0.3, -0.25) is 14.4 Å². The molecule has 0 saturated heterocycles. The molecular weight excluding hydrogens is 488 g/mol. The summed E-state index contributed by atoms with van der Waals surface area (Å²) in [4.78, 5) is 51.2. The SMILES string of the molecule is O=C(O)C[C@H](NC(=O)CN1CCOc2ccc(NC(=O)NCc3ccccc3)cc2C1=O)c1ccccc1. The first-order valence-corrected chi connectivity index (χ1v) is 12.1. The summed E-state index contributed by atoms with van der Waals surface area (Å²) in [5, 5.41) is 17.5. The van der Waals surface area contributed by atoms with Gasteiger partial charge in [0.1, 0.15) is 12.4 Å². The van der Waals surface area contributed by atoms with Gasteiger partial charge in [-0.25, -0.2) is 4.79 Å². The standard InChI is InChI=1S/C28H28N4O6/c33-25(31-23(16-26(34)35)20-9-5-2-6-10-20)18-32-13-14-38-24-12-11-21(15-22(24)27(32)36)30-28(37)29-17-19-7-3-1-4-8-19/h1-12,15,23H,13-14,16-18H2,(H,31,33)(H,34,35)(H2,29,30,37)/t23-/m0/s1. The normalized spacial score (nSPS) is 13.4. The van der Waals surface area contributed by atoms with Crippen molar-refractivity contribution in [2.45, 2.75) is 19.0 Å². The molecule has 1 atom stereocenters. The highest BCUT2D eigenvalue weighted by atomic mass is 16.5. The largest absolute Gasteiger partial charge is 0.491 e. The number of amides is 4. The van der Waals surface area contributed by atoms with Crippen molar-refractivity contribution in [2.75, 3.05) is 25.0 Å². The Morgan fingerprint density at radius 2 is 1.68 bits per heavy atom. The third kappa shape index (κ3) is 7.10. The third-order valence-electron chi connectivity index (χ3n) is 5.92. The Morgan fingerprint density at radius 3 is 2.39 bits per heavy atom. The van der Waals surface area contributed by atoms with Crippen LogP contribution in [0.5, 0.6) is 5.75 Å². The summed E-state index contributed by atoms with van der Waals surface area (Å²) in [6.45, 7) is 0.401. The van der Waals surface area contributed by atoms with E-state index in [0.29, 0.717) is 23.5 Å². The number of hydrogen-bond acceptors (Lipinski definition) is 5. The second kappa shape index (κ2) is 12.4. The van der Waals surface area contributed by atoms with Crippen LogP contribution in [0, 0.1) is 0 Å². The van der Waals surface area contributed by atoms with Crippen molar-refractivity contribution in [2.24, 2.45) is 0 Å². The zero-order valence-electron chi connectivity index (χ0n) is 20.6. The number of hydrogen-bond donors (Lipinski definition) is 4. The predicted molar refractivity (Wildman–Crippen MR) is 140 cm³/mol. The molecule has 196 valence electrons. The molecule has 10 heteroatoms. The average molecular weight is 517 g/mol. The minimum absolute atomic E-state index is 0.163. The molecule has 0 saturated carbocycles. The van der Waals surface area contributed by atoms with Crippen LogP contribution >= 0.6 is 0 Å². The number of carboxylic acid groups (broad SMARTS) is 1. The summed E-state index contributed by atoms with van der Waals surface area (Å²) < 4.78 is 5.70. The molecule has 38 heavy (non-hydrogen) atoms. The first kappa shape index (κ1) is 26.2. The van der Waals surface area contributed by atoms with Crippen LogP contribution < -0.4 is 20.7 Å². The summed E-state index contributed by atoms with van der Waals surface area (Å²) in [5.41, 5.74) is 2.20. The molecule has 0 bridgehead atoms. The summed E-state index contributed by atoms with van der Waals surface area (Å²) >= 11 is 0. The molecule has 0 aliphatic carbocycles. The summed E-state index contributed by atoms with van der Waals surface area (Å²) in [5.74, 6) is -1.64. The number of benzene rings is 3. The lowest BCUT2D eigenvalue weighted by atomic mass is 10.0. The lowest BCUT2D eigenvalue weighted by Crippen LogP contribution is -2.42. The highest BCUT2D eigenvalue weighted by molar-refractivity contribution is 6.01. The monoisotopic (exact) mass is 516 g/mol. The number of carbonyl (C=O) groups is 4. The number of ether oxygens (including phenoxy) is 1. The number of rotatable bonds is 9. The summed E-state index contributed by atoms with van der Waals surface area (Å²) in [6.07, 6.45) is -0.295. The van der Waals surface area contributed by atoms with Crippen molar-refractivity contribution < 1.29 is 29.0 Å². The Balaban J connectivity index is 1.40. The third-order valence-corrected chi connectivity index (χ3v) is 5.92. The highest BCUT2D eigenvalue weighted by Gasteiger charge is 2.27. The molecule has 3 aromatic rings. The predicted octanol–water partition coefficient (Wildman–Crippen LogP) is 3.18. The van der Waals surface area contributed by atoms with E-state index in [0.717, 1.165) is 5.56 Å². The van der Waals surface area contributed by atoms with Crippen molar-refractivity contribution in [1.82, 2.24) is 15.5 Å². The van der Waals surface area contributed by atoms with Crippen LogP contribution in [0.25, 0.3) is 0 Å². The van der Waals surface area contributed by atoms with E-state index in [4.69, 9.17) is 4.74 Å². The quantitative estimate of drug-likeness (QED) is 0.345. The Hall–Kier alpha value is -4.86. The van der Waals surface area contributed by atoms with Crippen LogP contribution in [0.2, 0.25) is 0 Å². The molecule has 0 unspecified atom stereocenters. The van der Waals surface area contributed by atoms with Gasteiger partial charge in [0, 0.05) is 12.2 Å². The minimum atomic E-state index is -1.06. The van der Waals surface area contributed by atoms with Gasteiger partial charge in [0.15, 0.2) is 0 Å². The molecule has 1 aliphatic heterocycles. The second-order valence-electron chi connectivity index (χ2n) is 8.71. The van der Waals surface area contributed by atoms with Gasteiger partial charge in [0.05, 0.1) is 31.1 Å². The van der Waals surface area contributed by atoms with E-state index in [1.165, 1.54) is 11.0 Å². The number of anilines is 1. The molecule has 3 aromatic carbocycles. The van der Waals surface area contributed by atoms with Gasteiger partial charge in [-0.1, -0.05) is 60.7 Å².